The number of halogens is 3. The monoisotopic (exact) mass is 473 g/mol. The highest BCUT2D eigenvalue weighted by atomic mass is 32.1. The van der Waals surface area contributed by atoms with Crippen LogP contribution in [-0.4, -0.2) is 35.6 Å². The van der Waals surface area contributed by atoms with Gasteiger partial charge >= 0.3 is 12.1 Å². The average molecular weight is 474 g/mol. The van der Waals surface area contributed by atoms with Gasteiger partial charge in [0.05, 0.1) is 5.56 Å². The number of thiophene rings is 1. The molecule has 1 aromatic heterocycles. The fourth-order valence-electron chi connectivity index (χ4n) is 4.21. The minimum Gasteiger partial charge on any atom is -0.481 e. The summed E-state index contributed by atoms with van der Waals surface area (Å²) in [5, 5.41) is 8.91. The second kappa shape index (κ2) is 10.1. The molecule has 0 unspecified atom stereocenters. The molecule has 3 nitrogen and oxygen atoms in total. The summed E-state index contributed by atoms with van der Waals surface area (Å²) in [4.78, 5) is 15.5. The Bertz CT molecular complexity index is 1110. The fourth-order valence-corrected chi connectivity index (χ4v) is 5.22. The molecule has 1 N–H and O–H groups in total. The molecule has 2 aromatic carbocycles. The molecule has 1 aliphatic heterocycles. The van der Waals surface area contributed by atoms with Crippen LogP contribution < -0.4 is 0 Å². The van der Waals surface area contributed by atoms with Crippen LogP contribution in [0.5, 0.6) is 0 Å². The Labute approximate surface area is 195 Å². The third-order valence-corrected chi connectivity index (χ3v) is 7.32. The molecule has 0 aliphatic carbocycles. The van der Waals surface area contributed by atoms with Crippen molar-refractivity contribution in [1.29, 1.82) is 0 Å². The zero-order valence-electron chi connectivity index (χ0n) is 18.2. The summed E-state index contributed by atoms with van der Waals surface area (Å²) in [6.07, 6.45) is -0.753. The summed E-state index contributed by atoms with van der Waals surface area (Å²) >= 11 is 1.63. The maximum Gasteiger partial charge on any atom is 0.416 e. The number of hydrogen-bond donors (Lipinski definition) is 1. The van der Waals surface area contributed by atoms with Gasteiger partial charge in [0.15, 0.2) is 0 Å². The van der Waals surface area contributed by atoms with Gasteiger partial charge in [-0.15, -0.1) is 11.3 Å². The van der Waals surface area contributed by atoms with Crippen molar-refractivity contribution in [2.75, 3.05) is 19.6 Å². The number of aliphatic carboxylic acids is 1. The fraction of sp³-hybridized carbons (Fsp3) is 0.346. The van der Waals surface area contributed by atoms with E-state index in [-0.39, 0.29) is 6.42 Å². The van der Waals surface area contributed by atoms with Crippen molar-refractivity contribution in [2.24, 2.45) is 0 Å². The van der Waals surface area contributed by atoms with Crippen molar-refractivity contribution in [1.82, 2.24) is 4.90 Å². The number of nitrogens with zero attached hydrogens (tertiary/aromatic N) is 1. The Morgan fingerprint density at radius 3 is 2.36 bits per heavy atom. The number of alkyl halides is 3. The van der Waals surface area contributed by atoms with Crippen LogP contribution in [0.25, 0.3) is 10.4 Å². The second-order valence-corrected chi connectivity index (χ2v) is 9.60. The summed E-state index contributed by atoms with van der Waals surface area (Å²) in [5.41, 5.74) is 3.93. The van der Waals surface area contributed by atoms with Gasteiger partial charge < -0.3 is 10.0 Å². The normalized spacial score (nSPS) is 14.6. The van der Waals surface area contributed by atoms with Crippen LogP contribution in [0, 0.1) is 0 Å². The third kappa shape index (κ3) is 6.24. The second-order valence-electron chi connectivity index (χ2n) is 8.43. The van der Waals surface area contributed by atoms with Crippen LogP contribution in [0.3, 0.4) is 0 Å². The largest absolute Gasteiger partial charge is 0.481 e. The molecule has 0 bridgehead atoms. The first kappa shape index (κ1) is 23.5. The lowest BCUT2D eigenvalue weighted by molar-refractivity contribution is -0.138. The Hall–Kier alpha value is -2.64. The zero-order valence-corrected chi connectivity index (χ0v) is 19.0. The van der Waals surface area contributed by atoms with Gasteiger partial charge in [0.1, 0.15) is 0 Å². The Kier molecular flexibility index (Phi) is 7.20. The van der Waals surface area contributed by atoms with Crippen molar-refractivity contribution in [3.05, 3.63) is 81.7 Å². The summed E-state index contributed by atoms with van der Waals surface area (Å²) < 4.78 is 38.3. The van der Waals surface area contributed by atoms with Gasteiger partial charge in [-0.05, 0) is 72.2 Å². The van der Waals surface area contributed by atoms with Crippen molar-refractivity contribution >= 4 is 17.3 Å². The van der Waals surface area contributed by atoms with Crippen molar-refractivity contribution < 1.29 is 23.1 Å². The van der Waals surface area contributed by atoms with Gasteiger partial charge in [0.2, 0.25) is 0 Å². The smallest absolute Gasteiger partial charge is 0.416 e. The van der Waals surface area contributed by atoms with Crippen LogP contribution >= 0.6 is 11.3 Å². The minimum absolute atomic E-state index is 0.153. The number of carboxylic acids is 1. The Balaban J connectivity index is 1.32. The number of benzene rings is 2. The lowest BCUT2D eigenvalue weighted by Crippen LogP contribution is -2.28. The molecule has 0 saturated carbocycles. The topological polar surface area (TPSA) is 40.5 Å². The lowest BCUT2D eigenvalue weighted by Gasteiger charge is -2.19. The van der Waals surface area contributed by atoms with Crippen LogP contribution in [-0.2, 0) is 36.7 Å². The predicted octanol–water partition coefficient (Wildman–Crippen LogP) is 6.09. The molecule has 0 atom stereocenters. The quantitative estimate of drug-likeness (QED) is 0.451. The molecule has 33 heavy (non-hydrogen) atoms. The van der Waals surface area contributed by atoms with E-state index in [0.717, 1.165) is 67.0 Å². The standard InChI is InChI=1S/C26H26F3NO2S/c27-26(28,29)22-6-4-20(5-7-22)24-9-8-23(33-24)13-16-30-14-11-19-3-1-18(2-10-25(31)32)17-21(19)12-15-30/h1,3-9,17H,2,10-16H2,(H,31,32). The number of carboxylic acid groups (broad SMARTS) is 1. The van der Waals surface area contributed by atoms with Gasteiger partial charge in [0, 0.05) is 35.8 Å². The number of aryl methyl sites for hydroxylation is 1. The minimum atomic E-state index is -4.31. The first-order valence-corrected chi connectivity index (χ1v) is 11.9. The molecular formula is C26H26F3NO2S. The first-order chi connectivity index (χ1) is 15.8. The maximum atomic E-state index is 12.8. The van der Waals surface area contributed by atoms with Gasteiger partial charge in [-0.3, -0.25) is 4.79 Å². The Morgan fingerprint density at radius 2 is 1.67 bits per heavy atom. The van der Waals surface area contributed by atoms with E-state index in [9.17, 15) is 18.0 Å². The van der Waals surface area contributed by atoms with E-state index in [4.69, 9.17) is 5.11 Å². The number of fused-ring (bicyclic) bond motifs is 1. The van der Waals surface area contributed by atoms with Crippen LogP contribution in [0.1, 0.15) is 33.6 Å². The molecule has 0 radical (unpaired) electrons. The van der Waals surface area contributed by atoms with Crippen LogP contribution in [0.4, 0.5) is 13.2 Å². The molecule has 0 saturated heterocycles. The number of hydrogen-bond acceptors (Lipinski definition) is 3. The Morgan fingerprint density at radius 1 is 0.939 bits per heavy atom. The van der Waals surface area contributed by atoms with Gasteiger partial charge in [-0.25, -0.2) is 0 Å². The van der Waals surface area contributed by atoms with E-state index in [1.54, 1.807) is 11.3 Å². The molecule has 4 rings (SSSR count). The summed E-state index contributed by atoms with van der Waals surface area (Å²) in [6.45, 7) is 2.89. The molecule has 3 aromatic rings. The number of carbonyl (C=O) groups is 1. The highest BCUT2D eigenvalue weighted by Crippen LogP contribution is 2.33. The van der Waals surface area contributed by atoms with Gasteiger partial charge in [0.25, 0.3) is 0 Å². The average Bonchev–Trinajstić information content (AvgIpc) is 3.17. The zero-order chi connectivity index (χ0) is 23.4. The SMILES string of the molecule is O=C(O)CCc1ccc2c(c1)CCN(CCc1ccc(-c3ccc(C(F)(F)F)cc3)s1)CC2. The van der Waals surface area contributed by atoms with E-state index in [1.165, 1.54) is 28.1 Å². The van der Waals surface area contributed by atoms with Crippen LogP contribution in [0.2, 0.25) is 0 Å². The van der Waals surface area contributed by atoms with E-state index >= 15 is 0 Å². The molecule has 1 aliphatic rings. The van der Waals surface area contributed by atoms with E-state index < -0.39 is 17.7 Å². The molecule has 7 heteroatoms. The first-order valence-electron chi connectivity index (χ1n) is 11.1. The molecule has 0 spiro atoms. The molecule has 0 amide bonds. The number of rotatable bonds is 7. The van der Waals surface area contributed by atoms with E-state index in [1.807, 2.05) is 12.1 Å². The molecular weight excluding hydrogens is 447 g/mol. The summed E-state index contributed by atoms with van der Waals surface area (Å²) in [7, 11) is 0. The van der Waals surface area contributed by atoms with Gasteiger partial charge in [-0.2, -0.15) is 13.2 Å². The van der Waals surface area contributed by atoms with E-state index in [2.05, 4.69) is 23.1 Å². The molecule has 0 fully saturated rings. The third-order valence-electron chi connectivity index (χ3n) is 6.13. The van der Waals surface area contributed by atoms with Gasteiger partial charge in [-0.1, -0.05) is 30.3 Å². The highest BCUT2D eigenvalue weighted by Gasteiger charge is 2.30. The lowest BCUT2D eigenvalue weighted by atomic mass is 9.98. The van der Waals surface area contributed by atoms with Crippen molar-refractivity contribution in [2.45, 2.75) is 38.3 Å². The summed E-state index contributed by atoms with van der Waals surface area (Å²) in [6, 6.07) is 15.8. The summed E-state index contributed by atoms with van der Waals surface area (Å²) in [5.74, 6) is -0.772. The highest BCUT2D eigenvalue weighted by molar-refractivity contribution is 7.15. The van der Waals surface area contributed by atoms with Crippen molar-refractivity contribution in [3.63, 3.8) is 0 Å². The maximum absolute atomic E-state index is 12.8. The van der Waals surface area contributed by atoms with Crippen LogP contribution in [0.15, 0.2) is 54.6 Å². The predicted molar refractivity (Wildman–Crippen MR) is 125 cm³/mol. The molecule has 174 valence electrons. The van der Waals surface area contributed by atoms with E-state index in [0.29, 0.717) is 6.42 Å². The molecule has 2 heterocycles. The van der Waals surface area contributed by atoms with Crippen molar-refractivity contribution in [3.8, 4) is 10.4 Å².